The fourth-order valence-corrected chi connectivity index (χ4v) is 1.55. The van der Waals surface area contributed by atoms with E-state index in [0.717, 1.165) is 0 Å². The summed E-state index contributed by atoms with van der Waals surface area (Å²) in [5, 5.41) is 3.62. The van der Waals surface area contributed by atoms with E-state index < -0.39 is 0 Å². The van der Waals surface area contributed by atoms with Crippen LogP contribution in [0.1, 0.15) is 0 Å². The lowest BCUT2D eigenvalue weighted by molar-refractivity contribution is 0.286. The van der Waals surface area contributed by atoms with E-state index in [2.05, 4.69) is 10.3 Å². The molecule has 3 N–H and O–H groups in total. The number of nitrogens with two attached hydrogens (primary N) is 1. The molecule has 0 bridgehead atoms. The molecule has 1 aromatic rings. The van der Waals surface area contributed by atoms with Crippen molar-refractivity contribution in [1.82, 2.24) is 5.32 Å². The van der Waals surface area contributed by atoms with Gasteiger partial charge in [-0.1, -0.05) is 23.7 Å². The Labute approximate surface area is 93.1 Å². The lowest BCUT2D eigenvalue weighted by Crippen LogP contribution is -2.38. The summed E-state index contributed by atoms with van der Waals surface area (Å²) in [6.45, 7) is 1.16. The maximum Gasteiger partial charge on any atom is 0.189 e. The number of aliphatic imine (C=N–C) groups is 1. The van der Waals surface area contributed by atoms with Gasteiger partial charge >= 0.3 is 0 Å². The van der Waals surface area contributed by atoms with Crippen LogP contribution in [0.25, 0.3) is 0 Å². The summed E-state index contributed by atoms with van der Waals surface area (Å²) in [4.78, 5) is 4.02. The van der Waals surface area contributed by atoms with Crippen LogP contribution in [-0.4, -0.2) is 25.2 Å². The van der Waals surface area contributed by atoms with Gasteiger partial charge in [0.2, 0.25) is 0 Å². The Morgan fingerprint density at radius 2 is 2.33 bits per heavy atom. The molecule has 0 fully saturated rings. The summed E-state index contributed by atoms with van der Waals surface area (Å²) < 4.78 is 5.55. The normalized spacial score (nSPS) is 19.5. The number of hydrogen-bond donors (Lipinski definition) is 2. The third-order valence-corrected chi connectivity index (χ3v) is 2.42. The molecule has 1 atom stereocenters. The first-order valence-electron chi connectivity index (χ1n) is 4.69. The van der Waals surface area contributed by atoms with Crippen LogP contribution in [0, 0.1) is 0 Å². The number of rotatable bonds is 3. The summed E-state index contributed by atoms with van der Waals surface area (Å²) in [5.41, 5.74) is 5.48. The zero-order valence-electron chi connectivity index (χ0n) is 8.11. The number of nitrogens with zero attached hydrogens (tertiary/aromatic N) is 1. The summed E-state index contributed by atoms with van der Waals surface area (Å²) in [7, 11) is 0. The molecule has 15 heavy (non-hydrogen) atoms. The lowest BCUT2D eigenvalue weighted by Gasteiger charge is -2.12. The average Bonchev–Trinajstić information content (AvgIpc) is 2.63. The highest BCUT2D eigenvalue weighted by Crippen LogP contribution is 2.23. The van der Waals surface area contributed by atoms with Gasteiger partial charge in [-0.2, -0.15) is 0 Å². The van der Waals surface area contributed by atoms with Crippen molar-refractivity contribution in [1.29, 1.82) is 0 Å². The van der Waals surface area contributed by atoms with Crippen molar-refractivity contribution < 1.29 is 4.74 Å². The zero-order valence-corrected chi connectivity index (χ0v) is 8.87. The molecule has 5 heteroatoms. The first-order valence-corrected chi connectivity index (χ1v) is 5.07. The van der Waals surface area contributed by atoms with Crippen LogP contribution in [0.2, 0.25) is 5.02 Å². The van der Waals surface area contributed by atoms with Crippen molar-refractivity contribution >= 4 is 17.6 Å². The van der Waals surface area contributed by atoms with Crippen molar-refractivity contribution in [2.75, 3.05) is 13.2 Å². The average molecular weight is 226 g/mol. The minimum atomic E-state index is 0.140. The zero-order chi connectivity index (χ0) is 10.7. The minimum Gasteiger partial charge on any atom is -0.490 e. The predicted octanol–water partition coefficient (Wildman–Crippen LogP) is 1.01. The van der Waals surface area contributed by atoms with Gasteiger partial charge < -0.3 is 15.8 Å². The largest absolute Gasteiger partial charge is 0.490 e. The van der Waals surface area contributed by atoms with E-state index in [0.29, 0.717) is 29.9 Å². The molecule has 0 radical (unpaired) electrons. The number of hydrogen-bond acceptors (Lipinski definition) is 4. The van der Waals surface area contributed by atoms with Crippen molar-refractivity contribution in [2.24, 2.45) is 10.7 Å². The van der Waals surface area contributed by atoms with Crippen molar-refractivity contribution in [2.45, 2.75) is 6.04 Å². The second-order valence-corrected chi connectivity index (χ2v) is 3.72. The summed E-state index contributed by atoms with van der Waals surface area (Å²) in [6, 6.07) is 7.52. The van der Waals surface area contributed by atoms with Crippen molar-refractivity contribution in [3.63, 3.8) is 0 Å². The Kier molecular flexibility index (Phi) is 2.97. The Balaban J connectivity index is 1.86. The van der Waals surface area contributed by atoms with E-state index in [9.17, 15) is 0 Å². The van der Waals surface area contributed by atoms with Crippen LogP contribution in [0.15, 0.2) is 29.3 Å². The molecule has 1 heterocycles. The van der Waals surface area contributed by atoms with Crippen LogP contribution in [0.3, 0.4) is 0 Å². The second kappa shape index (κ2) is 4.40. The fourth-order valence-electron chi connectivity index (χ4n) is 1.36. The van der Waals surface area contributed by atoms with E-state index in [-0.39, 0.29) is 6.04 Å². The standard InChI is InChI=1S/C10H12ClN3O/c11-8-3-1-2-4-9(8)15-6-7-5-13-10(12)14-7/h1-4,7H,5-6H2,(H3,12,13,14). The number of ether oxygens (including phenoxy) is 1. The second-order valence-electron chi connectivity index (χ2n) is 3.31. The SMILES string of the molecule is NC1=NCC(COc2ccccc2Cl)N1. The van der Waals surface area contributed by atoms with Gasteiger partial charge in [-0.3, -0.25) is 4.99 Å². The molecule has 1 aliphatic rings. The molecule has 0 spiro atoms. The summed E-state index contributed by atoms with van der Waals surface area (Å²) in [6.07, 6.45) is 0. The Morgan fingerprint density at radius 3 is 3.00 bits per heavy atom. The quantitative estimate of drug-likeness (QED) is 0.807. The lowest BCUT2D eigenvalue weighted by atomic mass is 10.3. The van der Waals surface area contributed by atoms with Crippen LogP contribution >= 0.6 is 11.6 Å². The first-order chi connectivity index (χ1) is 7.25. The maximum atomic E-state index is 5.94. The molecule has 0 saturated heterocycles. The van der Waals surface area contributed by atoms with Gasteiger partial charge in [-0.15, -0.1) is 0 Å². The van der Waals surface area contributed by atoms with E-state index in [4.69, 9.17) is 22.1 Å². The maximum absolute atomic E-state index is 5.94. The molecule has 1 aromatic carbocycles. The Morgan fingerprint density at radius 1 is 1.53 bits per heavy atom. The van der Waals surface area contributed by atoms with Crippen LogP contribution in [-0.2, 0) is 0 Å². The van der Waals surface area contributed by atoms with Gasteiger partial charge in [0.05, 0.1) is 17.6 Å². The van der Waals surface area contributed by atoms with Gasteiger partial charge in [-0.25, -0.2) is 0 Å². The number of halogens is 1. The molecule has 0 saturated carbocycles. The molecule has 2 rings (SSSR count). The molecule has 4 nitrogen and oxygen atoms in total. The molecular formula is C10H12ClN3O. The van der Waals surface area contributed by atoms with Gasteiger partial charge in [0, 0.05) is 0 Å². The van der Waals surface area contributed by atoms with E-state index in [1.165, 1.54) is 0 Å². The number of para-hydroxylation sites is 1. The van der Waals surface area contributed by atoms with E-state index >= 15 is 0 Å². The van der Waals surface area contributed by atoms with Crippen LogP contribution in [0.5, 0.6) is 5.75 Å². The van der Waals surface area contributed by atoms with E-state index in [1.54, 1.807) is 6.07 Å². The highest BCUT2D eigenvalue weighted by Gasteiger charge is 2.15. The molecule has 0 amide bonds. The van der Waals surface area contributed by atoms with Gasteiger partial charge in [-0.05, 0) is 12.1 Å². The van der Waals surface area contributed by atoms with E-state index in [1.807, 2.05) is 18.2 Å². The predicted molar refractivity (Wildman–Crippen MR) is 60.4 cm³/mol. The summed E-state index contributed by atoms with van der Waals surface area (Å²) >= 11 is 5.94. The smallest absolute Gasteiger partial charge is 0.189 e. The van der Waals surface area contributed by atoms with Crippen LogP contribution in [0.4, 0.5) is 0 Å². The third-order valence-electron chi connectivity index (χ3n) is 2.11. The molecular weight excluding hydrogens is 214 g/mol. The molecule has 0 aromatic heterocycles. The molecule has 0 aliphatic carbocycles. The van der Waals surface area contributed by atoms with Gasteiger partial charge in [0.1, 0.15) is 12.4 Å². The minimum absolute atomic E-state index is 0.140. The number of nitrogens with one attached hydrogen (secondary N) is 1. The summed E-state index contributed by atoms with van der Waals surface area (Å²) in [5.74, 6) is 1.16. The van der Waals surface area contributed by atoms with Crippen LogP contribution < -0.4 is 15.8 Å². The van der Waals surface area contributed by atoms with Gasteiger partial charge in [0.15, 0.2) is 5.96 Å². The van der Waals surface area contributed by atoms with Gasteiger partial charge in [0.25, 0.3) is 0 Å². The topological polar surface area (TPSA) is 59.6 Å². The highest BCUT2D eigenvalue weighted by atomic mass is 35.5. The highest BCUT2D eigenvalue weighted by molar-refractivity contribution is 6.32. The Bertz CT molecular complexity index is 381. The molecule has 80 valence electrons. The third kappa shape index (κ3) is 2.53. The number of benzene rings is 1. The Hall–Kier alpha value is -1.42. The van der Waals surface area contributed by atoms with Crippen molar-refractivity contribution in [3.8, 4) is 5.75 Å². The molecule has 1 aliphatic heterocycles. The monoisotopic (exact) mass is 225 g/mol. The van der Waals surface area contributed by atoms with Crippen molar-refractivity contribution in [3.05, 3.63) is 29.3 Å². The first kappa shape index (κ1) is 10.1. The number of guanidine groups is 1. The fraction of sp³-hybridized carbons (Fsp3) is 0.300. The molecule has 1 unspecified atom stereocenters.